The van der Waals surface area contributed by atoms with Crippen molar-refractivity contribution in [1.82, 2.24) is 10.2 Å². The maximum atomic E-state index is 13.9. The van der Waals surface area contributed by atoms with Gasteiger partial charge in [0.05, 0.1) is 27.2 Å². The minimum Gasteiger partial charge on any atom is -0.497 e. The van der Waals surface area contributed by atoms with Crippen LogP contribution in [-0.4, -0.2) is 73.5 Å². The first-order chi connectivity index (χ1) is 21.7. The van der Waals surface area contributed by atoms with Crippen LogP contribution in [0.2, 0.25) is 0 Å². The number of rotatable bonds is 14. The number of fused-ring (bicyclic) bond motifs is 3. The molecule has 3 aromatic rings. The fourth-order valence-corrected chi connectivity index (χ4v) is 5.27. The number of carboxylic acids is 1. The Labute approximate surface area is 261 Å². The molecule has 2 N–H and O–H groups in total. The second-order valence-corrected chi connectivity index (χ2v) is 10.4. The van der Waals surface area contributed by atoms with E-state index in [0.29, 0.717) is 17.1 Å². The number of benzene rings is 3. The Morgan fingerprint density at radius 1 is 0.956 bits per heavy atom. The topological polar surface area (TPSA) is 141 Å². The molecule has 236 valence electrons. The normalized spacial score (nSPS) is 13.0. The second-order valence-electron chi connectivity index (χ2n) is 10.4. The zero-order valence-electron chi connectivity index (χ0n) is 25.4. The van der Waals surface area contributed by atoms with Gasteiger partial charge in [0.1, 0.15) is 36.8 Å². The molecule has 0 aliphatic heterocycles. The van der Waals surface area contributed by atoms with Crippen molar-refractivity contribution in [2.24, 2.45) is 0 Å². The number of nitrogens with zero attached hydrogens (tertiary/aromatic N) is 1. The van der Waals surface area contributed by atoms with Crippen molar-refractivity contribution in [2.75, 3.05) is 27.4 Å². The summed E-state index contributed by atoms with van der Waals surface area (Å²) >= 11 is 0. The molecule has 1 aliphatic carbocycles. The van der Waals surface area contributed by atoms with E-state index in [9.17, 15) is 24.3 Å². The van der Waals surface area contributed by atoms with Crippen molar-refractivity contribution < 1.29 is 43.2 Å². The summed E-state index contributed by atoms with van der Waals surface area (Å²) in [6.07, 6.45) is -0.154. The Kier molecular flexibility index (Phi) is 10.8. The number of nitrogens with one attached hydrogen (secondary N) is 1. The van der Waals surface area contributed by atoms with Crippen LogP contribution in [-0.2, 0) is 30.4 Å². The van der Waals surface area contributed by atoms with Crippen LogP contribution >= 0.6 is 0 Å². The number of ether oxygens (including phenoxy) is 4. The number of amides is 2. The van der Waals surface area contributed by atoms with Crippen LogP contribution in [0, 0.1) is 0 Å². The highest BCUT2D eigenvalue weighted by Crippen LogP contribution is 2.44. The molecule has 0 heterocycles. The molecule has 0 unspecified atom stereocenters. The lowest BCUT2D eigenvalue weighted by Gasteiger charge is -2.31. The van der Waals surface area contributed by atoms with Gasteiger partial charge >= 0.3 is 18.0 Å². The summed E-state index contributed by atoms with van der Waals surface area (Å²) < 4.78 is 21.3. The first-order valence-electron chi connectivity index (χ1n) is 14.3. The van der Waals surface area contributed by atoms with E-state index in [2.05, 4.69) is 11.9 Å². The maximum absolute atomic E-state index is 13.9. The van der Waals surface area contributed by atoms with Gasteiger partial charge in [-0.2, -0.15) is 0 Å². The smallest absolute Gasteiger partial charge is 0.407 e. The molecule has 11 heteroatoms. The van der Waals surface area contributed by atoms with Gasteiger partial charge in [0.25, 0.3) is 0 Å². The monoisotopic (exact) mass is 616 g/mol. The molecule has 0 spiro atoms. The quantitative estimate of drug-likeness (QED) is 0.197. The summed E-state index contributed by atoms with van der Waals surface area (Å²) in [6, 6.07) is 17.7. The van der Waals surface area contributed by atoms with Crippen molar-refractivity contribution in [1.29, 1.82) is 0 Å². The zero-order chi connectivity index (χ0) is 32.5. The van der Waals surface area contributed by atoms with Crippen molar-refractivity contribution in [3.8, 4) is 22.6 Å². The summed E-state index contributed by atoms with van der Waals surface area (Å²) in [7, 11) is 2.92. The molecule has 0 aromatic heterocycles. The van der Waals surface area contributed by atoms with Crippen molar-refractivity contribution >= 4 is 23.9 Å². The molecule has 2 atom stereocenters. The molecule has 11 nitrogen and oxygen atoms in total. The van der Waals surface area contributed by atoms with Crippen LogP contribution in [0.5, 0.6) is 11.5 Å². The van der Waals surface area contributed by atoms with E-state index in [-0.39, 0.29) is 25.7 Å². The van der Waals surface area contributed by atoms with Crippen LogP contribution < -0.4 is 14.8 Å². The summed E-state index contributed by atoms with van der Waals surface area (Å²) in [5.41, 5.74) is 4.58. The van der Waals surface area contributed by atoms with E-state index in [1.165, 1.54) is 27.2 Å². The molecule has 0 bridgehead atoms. The molecular weight excluding hydrogens is 580 g/mol. The molecule has 0 saturated heterocycles. The third-order valence-electron chi connectivity index (χ3n) is 7.61. The number of esters is 1. The van der Waals surface area contributed by atoms with E-state index in [0.717, 1.165) is 27.2 Å². The van der Waals surface area contributed by atoms with Gasteiger partial charge < -0.3 is 34.3 Å². The van der Waals surface area contributed by atoms with Gasteiger partial charge in [-0.25, -0.2) is 9.59 Å². The van der Waals surface area contributed by atoms with E-state index < -0.39 is 42.4 Å². The van der Waals surface area contributed by atoms with Crippen LogP contribution in [0.4, 0.5) is 4.79 Å². The van der Waals surface area contributed by atoms with E-state index in [1.807, 2.05) is 48.5 Å². The Hall–Kier alpha value is -5.32. The largest absolute Gasteiger partial charge is 0.497 e. The average molecular weight is 617 g/mol. The Morgan fingerprint density at radius 2 is 1.60 bits per heavy atom. The highest BCUT2D eigenvalue weighted by Gasteiger charge is 2.35. The molecule has 0 radical (unpaired) electrons. The number of methoxy groups -OCH3 is 2. The number of aliphatic carboxylic acids is 1. The Balaban J connectivity index is 1.56. The van der Waals surface area contributed by atoms with E-state index in [1.54, 1.807) is 18.2 Å². The minimum atomic E-state index is -1.50. The van der Waals surface area contributed by atoms with Gasteiger partial charge in [-0.1, -0.05) is 61.2 Å². The number of hydrogen-bond donors (Lipinski definition) is 2. The summed E-state index contributed by atoms with van der Waals surface area (Å²) in [5, 5.41) is 12.3. The third kappa shape index (κ3) is 7.61. The van der Waals surface area contributed by atoms with Gasteiger partial charge in [0, 0.05) is 17.5 Å². The van der Waals surface area contributed by atoms with E-state index in [4.69, 9.17) is 18.9 Å². The molecular formula is C34H36N2O9. The standard InChI is InChI=1S/C34H36N2O9/c1-5-16-44-31(37)18-29(32(38)36(21(2)33(39)40)19-22-14-15-23(42-3)17-30(22)43-4)35-34(41)45-20-28-26-12-8-6-10-24(26)25-11-7-9-13-27(25)28/h5-15,17,21,28-29H,1,16,18-20H2,2-4H3,(H,35,41)(H,39,40)/t21-,29-/m0/s1. The van der Waals surface area contributed by atoms with Crippen LogP contribution in [0.15, 0.2) is 79.4 Å². The minimum absolute atomic E-state index is 0.0278. The number of carboxylic acid groups (broad SMARTS) is 1. The number of hydrogen-bond acceptors (Lipinski definition) is 8. The first-order valence-corrected chi connectivity index (χ1v) is 14.3. The van der Waals surface area contributed by atoms with Gasteiger partial charge in [0.15, 0.2) is 0 Å². The lowest BCUT2D eigenvalue weighted by atomic mass is 9.98. The molecule has 1 aliphatic rings. The van der Waals surface area contributed by atoms with Crippen LogP contribution in [0.3, 0.4) is 0 Å². The highest BCUT2D eigenvalue weighted by molar-refractivity contribution is 5.92. The maximum Gasteiger partial charge on any atom is 0.407 e. The lowest BCUT2D eigenvalue weighted by molar-refractivity contribution is -0.152. The zero-order valence-corrected chi connectivity index (χ0v) is 25.4. The van der Waals surface area contributed by atoms with Crippen LogP contribution in [0.1, 0.15) is 36.0 Å². The Morgan fingerprint density at radius 3 is 2.18 bits per heavy atom. The summed E-state index contributed by atoms with van der Waals surface area (Å²) in [6.45, 7) is 4.50. The van der Waals surface area contributed by atoms with E-state index >= 15 is 0 Å². The predicted molar refractivity (Wildman–Crippen MR) is 165 cm³/mol. The highest BCUT2D eigenvalue weighted by atomic mass is 16.6. The average Bonchev–Trinajstić information content (AvgIpc) is 3.37. The molecule has 4 rings (SSSR count). The molecule has 0 saturated carbocycles. The van der Waals surface area contributed by atoms with Crippen molar-refractivity contribution in [3.63, 3.8) is 0 Å². The molecule has 3 aromatic carbocycles. The molecule has 2 amide bonds. The van der Waals surface area contributed by atoms with Crippen LogP contribution in [0.25, 0.3) is 11.1 Å². The van der Waals surface area contributed by atoms with Gasteiger partial charge in [0.2, 0.25) is 5.91 Å². The summed E-state index contributed by atoms with van der Waals surface area (Å²) in [5.74, 6) is -2.29. The number of alkyl carbamates (subject to hydrolysis) is 1. The number of carbonyl (C=O) groups excluding carboxylic acids is 3. The summed E-state index contributed by atoms with van der Waals surface area (Å²) in [4.78, 5) is 52.9. The lowest BCUT2D eigenvalue weighted by Crippen LogP contribution is -2.53. The van der Waals surface area contributed by atoms with Gasteiger partial charge in [-0.15, -0.1) is 0 Å². The molecule has 0 fully saturated rings. The first kappa shape index (κ1) is 32.6. The predicted octanol–water partition coefficient (Wildman–Crippen LogP) is 4.53. The second kappa shape index (κ2) is 14.9. The van der Waals surface area contributed by atoms with Gasteiger partial charge in [-0.3, -0.25) is 9.59 Å². The SMILES string of the molecule is C=CCOC(=O)C[C@H](NC(=O)OCC1c2ccccc2-c2ccccc21)C(=O)N(Cc1ccc(OC)cc1OC)[C@@H](C)C(=O)O. The Bertz CT molecular complexity index is 1530. The third-order valence-corrected chi connectivity index (χ3v) is 7.61. The fraction of sp³-hybridized carbons (Fsp3) is 0.294. The van der Waals surface area contributed by atoms with Gasteiger partial charge in [-0.05, 0) is 41.3 Å². The molecule has 45 heavy (non-hydrogen) atoms. The number of carbonyl (C=O) groups is 4. The van der Waals surface area contributed by atoms with Crippen molar-refractivity contribution in [3.05, 3.63) is 96.1 Å². The fourth-order valence-electron chi connectivity index (χ4n) is 5.27. The van der Waals surface area contributed by atoms with Crippen molar-refractivity contribution in [2.45, 2.75) is 37.9 Å².